The van der Waals surface area contributed by atoms with E-state index in [-0.39, 0.29) is 29.5 Å². The van der Waals surface area contributed by atoms with Crippen LogP contribution in [0.5, 0.6) is 0 Å². The average Bonchev–Trinajstić information content (AvgIpc) is 2.67. The Kier molecular flexibility index (Phi) is 4.35. The Balaban J connectivity index is 2.27. The summed E-state index contributed by atoms with van der Waals surface area (Å²) in [5.74, 6) is -0.185. The van der Waals surface area contributed by atoms with E-state index in [2.05, 4.69) is 24.1 Å². The maximum atomic E-state index is 13.1. The van der Waals surface area contributed by atoms with Gasteiger partial charge in [0.05, 0.1) is 6.04 Å². The number of halogens is 1. The van der Waals surface area contributed by atoms with Crippen molar-refractivity contribution < 1.29 is 9.18 Å². The molecule has 0 aliphatic carbocycles. The maximum absolute atomic E-state index is 13.1. The smallest absolute Gasteiger partial charge is 0.241 e. The first-order chi connectivity index (χ1) is 9.72. The summed E-state index contributed by atoms with van der Waals surface area (Å²) in [5, 5.41) is 3.29. The summed E-state index contributed by atoms with van der Waals surface area (Å²) in [6.07, 6.45) is -0.202. The van der Waals surface area contributed by atoms with Crippen LogP contribution in [0.1, 0.15) is 32.5 Å². The van der Waals surface area contributed by atoms with Gasteiger partial charge in [-0.05, 0) is 52.6 Å². The summed E-state index contributed by atoms with van der Waals surface area (Å²) >= 11 is 0. The van der Waals surface area contributed by atoms with Crippen molar-refractivity contribution in [2.45, 2.75) is 38.5 Å². The summed E-state index contributed by atoms with van der Waals surface area (Å²) in [5.41, 5.74) is 0.767. The van der Waals surface area contributed by atoms with Crippen LogP contribution < -0.4 is 5.32 Å². The van der Waals surface area contributed by atoms with Gasteiger partial charge in [0.1, 0.15) is 12.0 Å². The molecule has 0 spiro atoms. The van der Waals surface area contributed by atoms with Gasteiger partial charge in [-0.15, -0.1) is 0 Å². The topological polar surface area (TPSA) is 35.6 Å². The van der Waals surface area contributed by atoms with Crippen molar-refractivity contribution >= 4 is 5.91 Å². The number of carbonyl (C=O) groups is 1. The second-order valence-corrected chi connectivity index (χ2v) is 6.52. The molecule has 1 fully saturated rings. The van der Waals surface area contributed by atoms with Gasteiger partial charge in [-0.2, -0.15) is 0 Å². The minimum atomic E-state index is -0.267. The molecule has 0 aromatic heterocycles. The lowest BCUT2D eigenvalue weighted by Gasteiger charge is -2.38. The van der Waals surface area contributed by atoms with E-state index in [1.54, 1.807) is 12.1 Å². The normalized spacial score (nSPS) is 23.2. The van der Waals surface area contributed by atoms with Crippen molar-refractivity contribution in [1.29, 1.82) is 0 Å². The van der Waals surface area contributed by atoms with Crippen LogP contribution in [0.3, 0.4) is 0 Å². The van der Waals surface area contributed by atoms with Crippen LogP contribution in [0.4, 0.5) is 4.39 Å². The molecule has 1 aromatic rings. The fourth-order valence-corrected chi connectivity index (χ4v) is 2.42. The molecule has 21 heavy (non-hydrogen) atoms. The highest BCUT2D eigenvalue weighted by Crippen LogP contribution is 2.28. The van der Waals surface area contributed by atoms with Gasteiger partial charge < -0.3 is 9.80 Å². The van der Waals surface area contributed by atoms with Gasteiger partial charge in [-0.25, -0.2) is 4.39 Å². The standard InChI is InChI=1S/C16H24FN3O/c1-11-15(21)20(10-16(2,3)19(4)5)14(18-11)12-6-8-13(17)9-7-12/h6-9,11,14,18H,10H2,1-5H3. The first kappa shape index (κ1) is 15.9. The molecule has 1 amide bonds. The lowest BCUT2D eigenvalue weighted by atomic mass is 10.0. The largest absolute Gasteiger partial charge is 0.320 e. The highest BCUT2D eigenvalue weighted by Gasteiger charge is 2.40. The van der Waals surface area contributed by atoms with E-state index in [9.17, 15) is 9.18 Å². The Morgan fingerprint density at radius 3 is 2.38 bits per heavy atom. The van der Waals surface area contributed by atoms with Crippen LogP contribution in [0, 0.1) is 5.82 Å². The van der Waals surface area contributed by atoms with Crippen LogP contribution in [-0.4, -0.2) is 47.9 Å². The Morgan fingerprint density at radius 1 is 1.29 bits per heavy atom. The lowest BCUT2D eigenvalue weighted by molar-refractivity contribution is -0.131. The molecule has 0 radical (unpaired) electrons. The van der Waals surface area contributed by atoms with Gasteiger partial charge in [0.2, 0.25) is 5.91 Å². The molecule has 116 valence electrons. The molecule has 0 saturated carbocycles. The third-order valence-electron chi connectivity index (χ3n) is 4.33. The number of likely N-dealkylation sites (N-methyl/N-ethyl adjacent to an activating group) is 1. The predicted molar refractivity (Wildman–Crippen MR) is 81.2 cm³/mol. The summed E-state index contributed by atoms with van der Waals surface area (Å²) < 4.78 is 13.1. The zero-order chi connectivity index (χ0) is 15.8. The number of nitrogens with one attached hydrogen (secondary N) is 1. The molecule has 2 rings (SSSR count). The third kappa shape index (κ3) is 3.24. The van der Waals surface area contributed by atoms with Crippen molar-refractivity contribution in [1.82, 2.24) is 15.1 Å². The molecule has 1 aliphatic heterocycles. The number of hydrogen-bond donors (Lipinski definition) is 1. The second kappa shape index (κ2) is 5.73. The minimum absolute atomic E-state index is 0.0826. The Morgan fingerprint density at radius 2 is 1.86 bits per heavy atom. The summed E-state index contributed by atoms with van der Waals surface area (Å²) in [6, 6.07) is 6.10. The average molecular weight is 293 g/mol. The van der Waals surface area contributed by atoms with E-state index in [1.807, 2.05) is 25.9 Å². The molecule has 1 heterocycles. The molecule has 2 unspecified atom stereocenters. The number of benzene rings is 1. The SMILES string of the molecule is CC1NC(c2ccc(F)cc2)N(CC(C)(C)N(C)C)C1=O. The quantitative estimate of drug-likeness (QED) is 0.922. The van der Waals surface area contributed by atoms with Crippen molar-refractivity contribution in [3.63, 3.8) is 0 Å². The van der Waals surface area contributed by atoms with Gasteiger partial charge >= 0.3 is 0 Å². The number of hydrogen-bond acceptors (Lipinski definition) is 3. The predicted octanol–water partition coefficient (Wildman–Crippen LogP) is 1.98. The van der Waals surface area contributed by atoms with E-state index in [4.69, 9.17) is 0 Å². The fourth-order valence-electron chi connectivity index (χ4n) is 2.42. The zero-order valence-electron chi connectivity index (χ0n) is 13.4. The van der Waals surface area contributed by atoms with E-state index in [0.717, 1.165) is 5.56 Å². The number of nitrogens with zero attached hydrogens (tertiary/aromatic N) is 2. The van der Waals surface area contributed by atoms with Crippen LogP contribution in [-0.2, 0) is 4.79 Å². The Hall–Kier alpha value is -1.46. The zero-order valence-corrected chi connectivity index (χ0v) is 13.4. The number of amides is 1. The van der Waals surface area contributed by atoms with Gasteiger partial charge in [-0.3, -0.25) is 10.1 Å². The molecule has 1 aliphatic rings. The van der Waals surface area contributed by atoms with E-state index < -0.39 is 0 Å². The van der Waals surface area contributed by atoms with Gasteiger partial charge in [-0.1, -0.05) is 12.1 Å². The van der Waals surface area contributed by atoms with Crippen molar-refractivity contribution in [2.75, 3.05) is 20.6 Å². The number of carbonyl (C=O) groups excluding carboxylic acids is 1. The highest BCUT2D eigenvalue weighted by molar-refractivity contribution is 5.84. The molecule has 2 atom stereocenters. The fraction of sp³-hybridized carbons (Fsp3) is 0.562. The van der Waals surface area contributed by atoms with E-state index in [1.165, 1.54) is 12.1 Å². The molecule has 0 bridgehead atoms. The van der Waals surface area contributed by atoms with Crippen LogP contribution in [0.2, 0.25) is 0 Å². The third-order valence-corrected chi connectivity index (χ3v) is 4.33. The molecule has 1 saturated heterocycles. The van der Waals surface area contributed by atoms with Gasteiger partial charge in [0.25, 0.3) is 0 Å². The summed E-state index contributed by atoms with van der Waals surface area (Å²) in [4.78, 5) is 16.4. The van der Waals surface area contributed by atoms with Crippen LogP contribution in [0.15, 0.2) is 24.3 Å². The molecule has 1 aromatic carbocycles. The van der Waals surface area contributed by atoms with E-state index in [0.29, 0.717) is 6.54 Å². The highest BCUT2D eigenvalue weighted by atomic mass is 19.1. The molecular formula is C16H24FN3O. The molecule has 5 heteroatoms. The number of rotatable bonds is 4. The Bertz CT molecular complexity index is 513. The molecule has 4 nitrogen and oxygen atoms in total. The van der Waals surface area contributed by atoms with Crippen molar-refractivity contribution in [3.05, 3.63) is 35.6 Å². The maximum Gasteiger partial charge on any atom is 0.241 e. The van der Waals surface area contributed by atoms with Crippen LogP contribution in [0.25, 0.3) is 0 Å². The lowest BCUT2D eigenvalue weighted by Crippen LogP contribution is -2.49. The van der Waals surface area contributed by atoms with Gasteiger partial charge in [0.15, 0.2) is 0 Å². The molecule has 1 N–H and O–H groups in total. The Labute approximate surface area is 125 Å². The minimum Gasteiger partial charge on any atom is -0.320 e. The summed E-state index contributed by atoms with van der Waals surface area (Å²) in [6.45, 7) is 6.68. The first-order valence-electron chi connectivity index (χ1n) is 7.22. The second-order valence-electron chi connectivity index (χ2n) is 6.52. The summed E-state index contributed by atoms with van der Waals surface area (Å²) in [7, 11) is 4.01. The first-order valence-corrected chi connectivity index (χ1v) is 7.22. The molecular weight excluding hydrogens is 269 g/mol. The van der Waals surface area contributed by atoms with E-state index >= 15 is 0 Å². The van der Waals surface area contributed by atoms with Gasteiger partial charge in [0, 0.05) is 12.1 Å². The van der Waals surface area contributed by atoms with Crippen LogP contribution >= 0.6 is 0 Å². The van der Waals surface area contributed by atoms with Crippen molar-refractivity contribution in [2.24, 2.45) is 0 Å². The van der Waals surface area contributed by atoms with Crippen molar-refractivity contribution in [3.8, 4) is 0 Å². The monoisotopic (exact) mass is 293 g/mol.